The molecule has 2 rings (SSSR count). The van der Waals surface area contributed by atoms with Crippen LogP contribution in [0.2, 0.25) is 0 Å². The van der Waals surface area contributed by atoms with Crippen molar-refractivity contribution in [3.8, 4) is 0 Å². The van der Waals surface area contributed by atoms with Gasteiger partial charge in [-0.25, -0.2) is 0 Å². The molecular weight excluding hydrogens is 230 g/mol. The van der Waals surface area contributed by atoms with Gasteiger partial charge in [0.1, 0.15) is 5.69 Å². The Hall–Kier alpha value is -1.81. The van der Waals surface area contributed by atoms with E-state index in [1.807, 2.05) is 55.6 Å². The van der Waals surface area contributed by atoms with Gasteiger partial charge in [-0.2, -0.15) is 5.11 Å². The van der Waals surface area contributed by atoms with Crippen molar-refractivity contribution < 1.29 is 0 Å². The molecule has 0 aromatic heterocycles. The Labute approximate surface area is 106 Å². The summed E-state index contributed by atoms with van der Waals surface area (Å²) in [5.41, 5.74) is 2.60. The maximum Gasteiger partial charge on any atom is 0.109 e. The lowest BCUT2D eigenvalue weighted by molar-refractivity contribution is 1.22. The molecule has 0 unspecified atom stereocenters. The van der Waals surface area contributed by atoms with Gasteiger partial charge < -0.3 is 5.32 Å². The first-order chi connectivity index (χ1) is 8.29. The lowest BCUT2D eigenvalue weighted by atomic mass is 10.3. The van der Waals surface area contributed by atoms with Crippen LogP contribution in [0, 0.1) is 0 Å². The van der Waals surface area contributed by atoms with Gasteiger partial charge in [0.2, 0.25) is 0 Å². The lowest BCUT2D eigenvalue weighted by Gasteiger charge is -2.02. The molecule has 2 aromatic rings. The molecule has 0 aliphatic rings. The van der Waals surface area contributed by atoms with Crippen LogP contribution in [0.4, 0.5) is 17.1 Å². The number of rotatable bonds is 3. The van der Waals surface area contributed by atoms with Gasteiger partial charge in [0.05, 0.1) is 11.4 Å². The van der Waals surface area contributed by atoms with Crippen LogP contribution in [-0.2, 0) is 0 Å². The van der Waals surface area contributed by atoms with Gasteiger partial charge in [0.15, 0.2) is 0 Å². The van der Waals surface area contributed by atoms with Crippen LogP contribution in [0.5, 0.6) is 0 Å². The van der Waals surface area contributed by atoms with E-state index in [4.69, 9.17) is 0 Å². The minimum absolute atomic E-state index is 0.814. The fraction of sp³-hybridized carbons (Fsp3) is 0.0769. The van der Waals surface area contributed by atoms with Crippen molar-refractivity contribution in [2.45, 2.75) is 4.90 Å². The SMILES string of the molecule is CNc1ccccc1N=Nc1ccc(S)cc1. The minimum Gasteiger partial charge on any atom is -0.386 e. The maximum absolute atomic E-state index is 4.22. The molecule has 0 radical (unpaired) electrons. The molecule has 0 saturated carbocycles. The second kappa shape index (κ2) is 5.50. The Bertz CT molecular complexity index is 520. The highest BCUT2D eigenvalue weighted by Crippen LogP contribution is 2.26. The number of nitrogens with zero attached hydrogens (tertiary/aromatic N) is 2. The molecule has 0 heterocycles. The number of thiol groups is 1. The number of benzene rings is 2. The monoisotopic (exact) mass is 243 g/mol. The molecule has 0 atom stereocenters. The maximum atomic E-state index is 4.22. The van der Waals surface area contributed by atoms with Gasteiger partial charge in [0, 0.05) is 11.9 Å². The molecule has 0 aliphatic carbocycles. The summed E-state index contributed by atoms with van der Waals surface area (Å²) in [5, 5.41) is 11.5. The average molecular weight is 243 g/mol. The van der Waals surface area contributed by atoms with Crippen LogP contribution in [0.3, 0.4) is 0 Å². The van der Waals surface area contributed by atoms with Gasteiger partial charge in [-0.1, -0.05) is 12.1 Å². The smallest absolute Gasteiger partial charge is 0.109 e. The fourth-order valence-electron chi connectivity index (χ4n) is 1.40. The van der Waals surface area contributed by atoms with Crippen LogP contribution in [0.25, 0.3) is 0 Å². The van der Waals surface area contributed by atoms with E-state index in [2.05, 4.69) is 28.2 Å². The summed E-state index contributed by atoms with van der Waals surface area (Å²) in [4.78, 5) is 0.916. The molecule has 0 fully saturated rings. The zero-order valence-corrected chi connectivity index (χ0v) is 10.4. The summed E-state index contributed by atoms with van der Waals surface area (Å²) in [5.74, 6) is 0. The second-order valence-electron chi connectivity index (χ2n) is 3.48. The molecule has 2 aromatic carbocycles. The molecule has 3 nitrogen and oxygen atoms in total. The van der Waals surface area contributed by atoms with E-state index in [-0.39, 0.29) is 0 Å². The average Bonchev–Trinajstić information content (AvgIpc) is 2.38. The largest absolute Gasteiger partial charge is 0.386 e. The third-order valence-corrected chi connectivity index (χ3v) is 2.59. The second-order valence-corrected chi connectivity index (χ2v) is 4.00. The van der Waals surface area contributed by atoms with E-state index in [1.165, 1.54) is 0 Å². The van der Waals surface area contributed by atoms with Crippen LogP contribution in [-0.4, -0.2) is 7.05 Å². The van der Waals surface area contributed by atoms with Crippen LogP contribution < -0.4 is 5.32 Å². The quantitative estimate of drug-likeness (QED) is 0.607. The highest BCUT2D eigenvalue weighted by molar-refractivity contribution is 7.80. The summed E-state index contributed by atoms with van der Waals surface area (Å²) >= 11 is 4.22. The van der Waals surface area contributed by atoms with Crippen molar-refractivity contribution in [3.63, 3.8) is 0 Å². The van der Waals surface area contributed by atoms with E-state index in [0.29, 0.717) is 0 Å². The summed E-state index contributed by atoms with van der Waals surface area (Å²) in [6, 6.07) is 15.3. The molecule has 0 saturated heterocycles. The summed E-state index contributed by atoms with van der Waals surface area (Å²) in [6.45, 7) is 0. The normalized spacial score (nSPS) is 10.7. The van der Waals surface area contributed by atoms with Crippen molar-refractivity contribution in [1.82, 2.24) is 0 Å². The number of hydrogen-bond donors (Lipinski definition) is 2. The van der Waals surface area contributed by atoms with Gasteiger partial charge >= 0.3 is 0 Å². The van der Waals surface area contributed by atoms with Crippen molar-refractivity contribution in [3.05, 3.63) is 48.5 Å². The first kappa shape index (κ1) is 11.7. The number of nitrogens with one attached hydrogen (secondary N) is 1. The highest BCUT2D eigenvalue weighted by atomic mass is 32.1. The van der Waals surface area contributed by atoms with Crippen molar-refractivity contribution in [2.24, 2.45) is 10.2 Å². The first-order valence-corrected chi connectivity index (χ1v) is 5.72. The van der Waals surface area contributed by atoms with Crippen molar-refractivity contribution in [1.29, 1.82) is 0 Å². The van der Waals surface area contributed by atoms with E-state index >= 15 is 0 Å². The van der Waals surface area contributed by atoms with Crippen molar-refractivity contribution in [2.75, 3.05) is 12.4 Å². The Morgan fingerprint density at radius 2 is 1.65 bits per heavy atom. The molecule has 0 aliphatic heterocycles. The highest BCUT2D eigenvalue weighted by Gasteiger charge is 1.96. The summed E-state index contributed by atoms with van der Waals surface area (Å²) < 4.78 is 0. The zero-order chi connectivity index (χ0) is 12.1. The zero-order valence-electron chi connectivity index (χ0n) is 9.46. The van der Waals surface area contributed by atoms with Crippen LogP contribution in [0.1, 0.15) is 0 Å². The number of hydrogen-bond acceptors (Lipinski definition) is 4. The molecule has 0 spiro atoms. The minimum atomic E-state index is 0.814. The lowest BCUT2D eigenvalue weighted by Crippen LogP contribution is -1.86. The van der Waals surface area contributed by atoms with E-state index in [1.54, 1.807) is 0 Å². The molecule has 4 heteroatoms. The first-order valence-electron chi connectivity index (χ1n) is 5.27. The number of azo groups is 1. The Morgan fingerprint density at radius 3 is 2.35 bits per heavy atom. The summed E-state index contributed by atoms with van der Waals surface area (Å²) in [6.07, 6.45) is 0. The number of anilines is 1. The van der Waals surface area contributed by atoms with Crippen LogP contribution >= 0.6 is 12.6 Å². The third-order valence-electron chi connectivity index (χ3n) is 2.30. The van der Waals surface area contributed by atoms with Crippen LogP contribution in [0.15, 0.2) is 63.7 Å². The fourth-order valence-corrected chi connectivity index (χ4v) is 1.55. The number of para-hydroxylation sites is 1. The van der Waals surface area contributed by atoms with Gasteiger partial charge in [-0.3, -0.25) is 0 Å². The standard InChI is InChI=1S/C13H13N3S/c1-14-12-4-2-3-5-13(12)16-15-10-6-8-11(17)9-7-10/h2-9,14,17H,1H3. The summed E-state index contributed by atoms with van der Waals surface area (Å²) in [7, 11) is 1.87. The van der Waals surface area contributed by atoms with E-state index < -0.39 is 0 Å². The van der Waals surface area contributed by atoms with Gasteiger partial charge in [0.25, 0.3) is 0 Å². The molecule has 1 N–H and O–H groups in total. The van der Waals surface area contributed by atoms with Gasteiger partial charge in [-0.05, 0) is 36.4 Å². The van der Waals surface area contributed by atoms with Gasteiger partial charge in [-0.15, -0.1) is 17.7 Å². The predicted octanol–water partition coefficient (Wildman–Crippen LogP) is 4.43. The Morgan fingerprint density at radius 1 is 0.941 bits per heavy atom. The molecular formula is C13H13N3S. The molecule has 0 amide bonds. The topological polar surface area (TPSA) is 36.8 Å². The Kier molecular flexibility index (Phi) is 3.77. The van der Waals surface area contributed by atoms with E-state index in [9.17, 15) is 0 Å². The third kappa shape index (κ3) is 3.07. The molecule has 86 valence electrons. The van der Waals surface area contributed by atoms with Crippen molar-refractivity contribution >= 4 is 29.7 Å². The molecule has 17 heavy (non-hydrogen) atoms. The Balaban J connectivity index is 2.22. The van der Waals surface area contributed by atoms with E-state index in [0.717, 1.165) is 22.0 Å². The molecule has 0 bridgehead atoms. The predicted molar refractivity (Wildman–Crippen MR) is 73.9 cm³/mol.